The Morgan fingerprint density at radius 3 is 3.16 bits per heavy atom. The predicted octanol–water partition coefficient (Wildman–Crippen LogP) is 3.62. The standard InChI is InChI=1S/C16H19NO2/c1-11-4-2-6-14-16(11)13(10-17-14)15(18)8-7-12-5-3-9-19-12/h2,4,6,10,12,17H,3,5,7-9H2,1H3. The van der Waals surface area contributed by atoms with Crippen molar-refractivity contribution in [2.24, 2.45) is 0 Å². The molecule has 1 unspecified atom stereocenters. The molecule has 1 aromatic carbocycles. The molecule has 3 heteroatoms. The normalized spacial score (nSPS) is 19.1. The van der Waals surface area contributed by atoms with Gasteiger partial charge in [-0.15, -0.1) is 0 Å². The first kappa shape index (κ1) is 12.4. The number of benzene rings is 1. The maximum Gasteiger partial charge on any atom is 0.165 e. The number of aromatic nitrogens is 1. The van der Waals surface area contributed by atoms with E-state index in [1.807, 2.05) is 31.3 Å². The Morgan fingerprint density at radius 2 is 2.37 bits per heavy atom. The van der Waals surface area contributed by atoms with E-state index < -0.39 is 0 Å². The lowest BCUT2D eigenvalue weighted by Crippen LogP contribution is -2.08. The minimum atomic E-state index is 0.219. The number of carbonyl (C=O) groups excluding carboxylic acids is 1. The van der Waals surface area contributed by atoms with E-state index in [2.05, 4.69) is 4.98 Å². The van der Waals surface area contributed by atoms with Gasteiger partial charge >= 0.3 is 0 Å². The van der Waals surface area contributed by atoms with Gasteiger partial charge in [0.05, 0.1) is 6.10 Å². The third kappa shape index (κ3) is 2.43. The summed E-state index contributed by atoms with van der Waals surface area (Å²) in [5.41, 5.74) is 3.02. The smallest absolute Gasteiger partial charge is 0.165 e. The largest absolute Gasteiger partial charge is 0.378 e. The summed E-state index contributed by atoms with van der Waals surface area (Å²) in [6.07, 6.45) is 5.78. The van der Waals surface area contributed by atoms with Crippen molar-refractivity contribution in [1.82, 2.24) is 4.98 Å². The number of rotatable bonds is 4. The van der Waals surface area contributed by atoms with Gasteiger partial charge in [0.1, 0.15) is 0 Å². The first-order chi connectivity index (χ1) is 9.25. The Labute approximate surface area is 113 Å². The van der Waals surface area contributed by atoms with Crippen LogP contribution in [0.2, 0.25) is 0 Å². The Kier molecular flexibility index (Phi) is 3.38. The molecular formula is C16H19NO2. The summed E-state index contributed by atoms with van der Waals surface area (Å²) in [6, 6.07) is 6.07. The first-order valence-corrected chi connectivity index (χ1v) is 6.97. The Bertz CT molecular complexity index is 594. The number of ether oxygens (including phenoxy) is 1. The molecule has 1 saturated heterocycles. The van der Waals surface area contributed by atoms with Gasteiger partial charge in [0.2, 0.25) is 0 Å². The third-order valence-electron chi connectivity index (χ3n) is 3.93. The summed E-state index contributed by atoms with van der Waals surface area (Å²) in [4.78, 5) is 15.5. The Hall–Kier alpha value is -1.61. The number of aryl methyl sites for hydroxylation is 1. The molecule has 1 fully saturated rings. The number of carbonyl (C=O) groups is 1. The molecule has 2 aromatic rings. The van der Waals surface area contributed by atoms with Gasteiger partial charge in [-0.25, -0.2) is 0 Å². The SMILES string of the molecule is Cc1cccc2[nH]cc(C(=O)CCC3CCCO3)c12. The van der Waals surface area contributed by atoms with Crippen molar-refractivity contribution in [3.05, 3.63) is 35.5 Å². The monoisotopic (exact) mass is 257 g/mol. The predicted molar refractivity (Wildman–Crippen MR) is 75.6 cm³/mol. The van der Waals surface area contributed by atoms with Gasteiger partial charge in [-0.3, -0.25) is 4.79 Å². The molecule has 0 radical (unpaired) electrons. The molecule has 19 heavy (non-hydrogen) atoms. The van der Waals surface area contributed by atoms with E-state index in [0.717, 1.165) is 47.9 Å². The molecule has 3 nitrogen and oxygen atoms in total. The second-order valence-corrected chi connectivity index (χ2v) is 5.30. The minimum absolute atomic E-state index is 0.219. The van der Waals surface area contributed by atoms with Gasteiger partial charge in [0.15, 0.2) is 5.78 Å². The molecule has 0 amide bonds. The molecule has 3 rings (SSSR count). The molecule has 2 heterocycles. The van der Waals surface area contributed by atoms with Crippen LogP contribution < -0.4 is 0 Å². The van der Waals surface area contributed by atoms with Crippen molar-refractivity contribution >= 4 is 16.7 Å². The molecule has 0 spiro atoms. The molecule has 1 aliphatic heterocycles. The molecule has 1 aliphatic rings. The Morgan fingerprint density at radius 1 is 1.47 bits per heavy atom. The maximum atomic E-state index is 12.4. The molecule has 0 saturated carbocycles. The number of aromatic amines is 1. The highest BCUT2D eigenvalue weighted by atomic mass is 16.5. The van der Waals surface area contributed by atoms with Gasteiger partial charge in [0.25, 0.3) is 0 Å². The van der Waals surface area contributed by atoms with E-state index in [-0.39, 0.29) is 11.9 Å². The lowest BCUT2D eigenvalue weighted by atomic mass is 10.0. The van der Waals surface area contributed by atoms with E-state index in [1.165, 1.54) is 0 Å². The fraction of sp³-hybridized carbons (Fsp3) is 0.438. The number of H-pyrrole nitrogens is 1. The molecule has 100 valence electrons. The maximum absolute atomic E-state index is 12.4. The summed E-state index contributed by atoms with van der Waals surface area (Å²) < 4.78 is 5.57. The summed E-state index contributed by atoms with van der Waals surface area (Å²) in [5.74, 6) is 0.219. The third-order valence-corrected chi connectivity index (χ3v) is 3.93. The zero-order valence-corrected chi connectivity index (χ0v) is 11.2. The summed E-state index contributed by atoms with van der Waals surface area (Å²) in [7, 11) is 0. The van der Waals surface area contributed by atoms with Crippen molar-refractivity contribution in [2.45, 2.75) is 38.7 Å². The second-order valence-electron chi connectivity index (χ2n) is 5.30. The molecule has 1 aromatic heterocycles. The van der Waals surface area contributed by atoms with Crippen LogP contribution in [0.3, 0.4) is 0 Å². The molecular weight excluding hydrogens is 238 g/mol. The van der Waals surface area contributed by atoms with Crippen molar-refractivity contribution in [3.8, 4) is 0 Å². The van der Waals surface area contributed by atoms with Gasteiger partial charge in [-0.05, 0) is 37.8 Å². The number of ketones is 1. The van der Waals surface area contributed by atoms with Crippen molar-refractivity contribution < 1.29 is 9.53 Å². The van der Waals surface area contributed by atoms with Gasteiger partial charge in [-0.1, -0.05) is 12.1 Å². The first-order valence-electron chi connectivity index (χ1n) is 6.97. The van der Waals surface area contributed by atoms with Crippen LogP contribution in [0.15, 0.2) is 24.4 Å². The van der Waals surface area contributed by atoms with E-state index in [0.29, 0.717) is 6.42 Å². The Balaban J connectivity index is 1.77. The lowest BCUT2D eigenvalue weighted by Gasteiger charge is -2.08. The van der Waals surface area contributed by atoms with Crippen molar-refractivity contribution in [3.63, 3.8) is 0 Å². The van der Waals surface area contributed by atoms with E-state index in [4.69, 9.17) is 4.74 Å². The van der Waals surface area contributed by atoms with Crippen LogP contribution in [-0.4, -0.2) is 23.5 Å². The average molecular weight is 257 g/mol. The number of fused-ring (bicyclic) bond motifs is 1. The lowest BCUT2D eigenvalue weighted by molar-refractivity contribution is 0.0860. The molecule has 0 aliphatic carbocycles. The number of Topliss-reactive ketones (excluding diaryl/α,β-unsaturated/α-hetero) is 1. The van der Waals surface area contributed by atoms with Gasteiger partial charge < -0.3 is 9.72 Å². The highest BCUT2D eigenvalue weighted by Gasteiger charge is 2.19. The average Bonchev–Trinajstić information content (AvgIpc) is 3.05. The van der Waals surface area contributed by atoms with Crippen molar-refractivity contribution in [2.75, 3.05) is 6.61 Å². The van der Waals surface area contributed by atoms with E-state index >= 15 is 0 Å². The minimum Gasteiger partial charge on any atom is -0.378 e. The number of hydrogen-bond donors (Lipinski definition) is 1. The van der Waals surface area contributed by atoms with E-state index in [9.17, 15) is 4.79 Å². The van der Waals surface area contributed by atoms with Crippen LogP contribution in [0.25, 0.3) is 10.9 Å². The highest BCUT2D eigenvalue weighted by Crippen LogP contribution is 2.25. The van der Waals surface area contributed by atoms with Crippen LogP contribution in [0, 0.1) is 6.92 Å². The van der Waals surface area contributed by atoms with Crippen LogP contribution in [0.1, 0.15) is 41.6 Å². The summed E-state index contributed by atoms with van der Waals surface area (Å²) in [5, 5.41) is 1.07. The summed E-state index contributed by atoms with van der Waals surface area (Å²) in [6.45, 7) is 2.90. The highest BCUT2D eigenvalue weighted by molar-refractivity contribution is 6.08. The number of hydrogen-bond acceptors (Lipinski definition) is 2. The molecule has 0 bridgehead atoms. The van der Waals surface area contributed by atoms with Gasteiger partial charge in [0, 0.05) is 35.7 Å². The van der Waals surface area contributed by atoms with Crippen LogP contribution in [-0.2, 0) is 4.74 Å². The topological polar surface area (TPSA) is 42.1 Å². The fourth-order valence-corrected chi connectivity index (χ4v) is 2.89. The molecule has 1 N–H and O–H groups in total. The fourth-order valence-electron chi connectivity index (χ4n) is 2.89. The van der Waals surface area contributed by atoms with Gasteiger partial charge in [-0.2, -0.15) is 0 Å². The van der Waals surface area contributed by atoms with E-state index in [1.54, 1.807) is 0 Å². The zero-order chi connectivity index (χ0) is 13.2. The molecule has 1 atom stereocenters. The van der Waals surface area contributed by atoms with Crippen LogP contribution >= 0.6 is 0 Å². The number of nitrogens with one attached hydrogen (secondary N) is 1. The van der Waals surface area contributed by atoms with Crippen molar-refractivity contribution in [1.29, 1.82) is 0 Å². The van der Waals surface area contributed by atoms with Crippen LogP contribution in [0.4, 0.5) is 0 Å². The summed E-state index contributed by atoms with van der Waals surface area (Å²) >= 11 is 0. The van der Waals surface area contributed by atoms with Crippen LogP contribution in [0.5, 0.6) is 0 Å². The zero-order valence-electron chi connectivity index (χ0n) is 11.2. The second kappa shape index (κ2) is 5.17. The quantitative estimate of drug-likeness (QED) is 0.850.